The predicted octanol–water partition coefficient (Wildman–Crippen LogP) is 4.15. The number of aromatic nitrogens is 2. The molecule has 7 nitrogen and oxygen atoms in total. The van der Waals surface area contributed by atoms with Crippen LogP contribution in [0, 0.1) is 11.3 Å². The van der Waals surface area contributed by atoms with E-state index in [1.54, 1.807) is 6.20 Å². The lowest BCUT2D eigenvalue weighted by Gasteiger charge is -2.29. The van der Waals surface area contributed by atoms with Crippen LogP contribution in [-0.2, 0) is 9.47 Å². The molecule has 2 saturated heterocycles. The third kappa shape index (κ3) is 5.14. The molecular formula is C31H29N5O2. The molecule has 190 valence electrons. The van der Waals surface area contributed by atoms with Crippen LogP contribution < -0.4 is 0 Å². The second-order valence-corrected chi connectivity index (χ2v) is 9.57. The van der Waals surface area contributed by atoms with Gasteiger partial charge in [0.1, 0.15) is 5.65 Å². The number of hydrogen-bond donors (Lipinski definition) is 1. The van der Waals surface area contributed by atoms with Crippen LogP contribution in [-0.4, -0.2) is 78.9 Å². The summed E-state index contributed by atoms with van der Waals surface area (Å²) in [7, 11) is 0. The van der Waals surface area contributed by atoms with Crippen LogP contribution in [0.1, 0.15) is 11.3 Å². The highest BCUT2D eigenvalue weighted by atomic mass is 16.5. The number of nitrogens with zero attached hydrogens (tertiary/aromatic N) is 4. The number of allylic oxidation sites excluding steroid dienone is 7. The zero-order valence-corrected chi connectivity index (χ0v) is 21.2. The highest BCUT2D eigenvalue weighted by Crippen LogP contribution is 2.31. The van der Waals surface area contributed by atoms with Crippen LogP contribution in [0.5, 0.6) is 0 Å². The Morgan fingerprint density at radius 1 is 0.947 bits per heavy atom. The molecule has 38 heavy (non-hydrogen) atoms. The summed E-state index contributed by atoms with van der Waals surface area (Å²) in [5.41, 5.74) is 14.2. The van der Waals surface area contributed by atoms with Gasteiger partial charge in [0.25, 0.3) is 0 Å². The highest BCUT2D eigenvalue weighted by Gasteiger charge is 2.17. The molecule has 6 rings (SSSR count). The number of pyridine rings is 1. The molecule has 1 N–H and O–H groups in total. The van der Waals surface area contributed by atoms with Crippen LogP contribution in [0.2, 0.25) is 0 Å². The number of H-pyrrole nitrogens is 1. The Balaban J connectivity index is 1.32. The molecule has 2 fully saturated rings. The molecule has 0 spiro atoms. The summed E-state index contributed by atoms with van der Waals surface area (Å²) in [5, 5.41) is 11.0. The van der Waals surface area contributed by atoms with E-state index >= 15 is 0 Å². The fourth-order valence-corrected chi connectivity index (χ4v) is 5.10. The standard InChI is InChI=1S/C31H29N5O2/c32-21-26-19-24(4-1-5-25(26)22-35-11-15-37-16-12-35)28-9-10-33-31-29(28)20-30(34-31)23-3-2-6-27(8-7-23)36-13-17-38-18-14-36/h3-10,19-20H,11-18,22H2,(H,33,34). The van der Waals surface area contributed by atoms with Crippen LogP contribution in [0.25, 0.3) is 22.2 Å². The van der Waals surface area contributed by atoms with Crippen LogP contribution in [0.4, 0.5) is 0 Å². The molecule has 0 saturated carbocycles. The van der Waals surface area contributed by atoms with Crippen molar-refractivity contribution in [1.29, 1.82) is 5.26 Å². The average Bonchev–Trinajstić information content (AvgIpc) is 3.12. The smallest absolute Gasteiger partial charge is 0.138 e. The fourth-order valence-electron chi connectivity index (χ4n) is 5.10. The van der Waals surface area contributed by atoms with E-state index in [0.717, 1.165) is 97.3 Å². The van der Waals surface area contributed by atoms with Crippen molar-refractivity contribution in [3.63, 3.8) is 0 Å². The number of morpholine rings is 2. The Hall–Kier alpha value is -4.14. The van der Waals surface area contributed by atoms with Crippen molar-refractivity contribution in [3.05, 3.63) is 100 Å². The maximum Gasteiger partial charge on any atom is 0.138 e. The number of fused-ring (bicyclic) bond motifs is 1. The van der Waals surface area contributed by atoms with Crippen molar-refractivity contribution in [2.75, 3.05) is 59.2 Å². The van der Waals surface area contributed by atoms with E-state index in [4.69, 9.17) is 9.47 Å². The molecular weight excluding hydrogens is 474 g/mol. The summed E-state index contributed by atoms with van der Waals surface area (Å²) in [6.07, 6.45) is 15.9. The quantitative estimate of drug-likeness (QED) is 0.618. The Kier molecular flexibility index (Phi) is 7.06. The Morgan fingerprint density at radius 3 is 2.53 bits per heavy atom. The SMILES string of the molecule is N#CC1=C(CN2CCOCC2)C=C=CC(c2ccnc3[nH]c(C4=CC=C(N5CCOCC5)C=C=C4)cc23)=C1. The van der Waals surface area contributed by atoms with Gasteiger partial charge in [-0.3, -0.25) is 4.90 Å². The molecule has 2 aliphatic heterocycles. The van der Waals surface area contributed by atoms with Gasteiger partial charge in [0, 0.05) is 67.3 Å². The lowest BCUT2D eigenvalue weighted by atomic mass is 10.00. The molecule has 4 heterocycles. The maximum atomic E-state index is 10.00. The van der Waals surface area contributed by atoms with Gasteiger partial charge >= 0.3 is 0 Å². The molecule has 0 radical (unpaired) electrons. The summed E-state index contributed by atoms with van der Waals surface area (Å²) in [5.74, 6) is 0. The molecule has 0 amide bonds. The van der Waals surface area contributed by atoms with Crippen molar-refractivity contribution >= 4 is 22.2 Å². The van der Waals surface area contributed by atoms with Gasteiger partial charge in [0.2, 0.25) is 0 Å². The minimum atomic E-state index is 0.661. The zero-order chi connectivity index (χ0) is 25.7. The van der Waals surface area contributed by atoms with Gasteiger partial charge < -0.3 is 19.4 Å². The molecule has 4 aliphatic rings. The Bertz CT molecular complexity index is 1540. The molecule has 0 unspecified atom stereocenters. The van der Waals surface area contributed by atoms with Crippen molar-refractivity contribution in [3.8, 4) is 6.07 Å². The molecule has 7 heteroatoms. The predicted molar refractivity (Wildman–Crippen MR) is 148 cm³/mol. The number of aromatic amines is 1. The lowest BCUT2D eigenvalue weighted by molar-refractivity contribution is 0.0426. The lowest BCUT2D eigenvalue weighted by Crippen LogP contribution is -2.37. The van der Waals surface area contributed by atoms with E-state index in [1.807, 2.05) is 36.4 Å². The van der Waals surface area contributed by atoms with E-state index < -0.39 is 0 Å². The summed E-state index contributed by atoms with van der Waals surface area (Å²) in [6, 6.07) is 6.54. The van der Waals surface area contributed by atoms with Gasteiger partial charge in [-0.2, -0.15) is 5.26 Å². The number of nitrogens with one attached hydrogen (secondary N) is 1. The van der Waals surface area contributed by atoms with Gasteiger partial charge in [0.15, 0.2) is 0 Å². The number of nitriles is 1. The normalized spacial score (nSPS) is 20.2. The van der Waals surface area contributed by atoms with E-state index in [2.05, 4.69) is 55.5 Å². The zero-order valence-electron chi connectivity index (χ0n) is 21.2. The van der Waals surface area contributed by atoms with E-state index in [0.29, 0.717) is 12.1 Å². The van der Waals surface area contributed by atoms with E-state index in [9.17, 15) is 5.26 Å². The van der Waals surface area contributed by atoms with Crippen molar-refractivity contribution in [2.24, 2.45) is 0 Å². The van der Waals surface area contributed by atoms with Gasteiger partial charge in [-0.25, -0.2) is 4.98 Å². The van der Waals surface area contributed by atoms with Gasteiger partial charge in [0.05, 0.1) is 38.1 Å². The third-order valence-corrected chi connectivity index (χ3v) is 7.19. The van der Waals surface area contributed by atoms with Crippen molar-refractivity contribution < 1.29 is 9.47 Å². The molecule has 2 aliphatic carbocycles. The molecule has 0 bridgehead atoms. The molecule has 0 atom stereocenters. The Labute approximate surface area is 222 Å². The minimum Gasteiger partial charge on any atom is -0.379 e. The minimum absolute atomic E-state index is 0.661. The summed E-state index contributed by atoms with van der Waals surface area (Å²) < 4.78 is 11.0. The van der Waals surface area contributed by atoms with E-state index in [1.165, 1.54) is 0 Å². The highest BCUT2D eigenvalue weighted by molar-refractivity contribution is 5.96. The first-order valence-electron chi connectivity index (χ1n) is 13.0. The van der Waals surface area contributed by atoms with Crippen LogP contribution in [0.15, 0.2) is 89.2 Å². The van der Waals surface area contributed by atoms with Crippen LogP contribution in [0.3, 0.4) is 0 Å². The maximum absolute atomic E-state index is 10.00. The first-order chi connectivity index (χ1) is 18.8. The summed E-state index contributed by atoms with van der Waals surface area (Å²) in [6.45, 7) is 7.18. The molecule has 2 aromatic rings. The topological polar surface area (TPSA) is 77.4 Å². The van der Waals surface area contributed by atoms with Crippen molar-refractivity contribution in [2.45, 2.75) is 0 Å². The second kappa shape index (κ2) is 11.1. The van der Waals surface area contributed by atoms with Crippen LogP contribution >= 0.6 is 0 Å². The van der Waals surface area contributed by atoms with Gasteiger partial charge in [-0.1, -0.05) is 6.08 Å². The van der Waals surface area contributed by atoms with E-state index in [-0.39, 0.29) is 0 Å². The first kappa shape index (κ1) is 24.2. The molecule has 0 aromatic carbocycles. The third-order valence-electron chi connectivity index (χ3n) is 7.19. The number of ether oxygens (including phenoxy) is 2. The molecule has 2 aromatic heterocycles. The second-order valence-electron chi connectivity index (χ2n) is 9.57. The monoisotopic (exact) mass is 503 g/mol. The largest absolute Gasteiger partial charge is 0.379 e. The number of hydrogen-bond acceptors (Lipinski definition) is 6. The van der Waals surface area contributed by atoms with Gasteiger partial charge in [-0.05, 0) is 59.2 Å². The summed E-state index contributed by atoms with van der Waals surface area (Å²) >= 11 is 0. The number of rotatable bonds is 5. The average molecular weight is 504 g/mol. The van der Waals surface area contributed by atoms with Crippen molar-refractivity contribution in [1.82, 2.24) is 19.8 Å². The fraction of sp³-hybridized carbons (Fsp3) is 0.290. The first-order valence-corrected chi connectivity index (χ1v) is 13.0. The Morgan fingerprint density at radius 2 is 1.71 bits per heavy atom. The van der Waals surface area contributed by atoms with Gasteiger partial charge in [-0.15, -0.1) is 11.5 Å². The summed E-state index contributed by atoms with van der Waals surface area (Å²) in [4.78, 5) is 12.7.